The van der Waals surface area contributed by atoms with Crippen LogP contribution in [0.15, 0.2) is 18.2 Å². The second-order valence-corrected chi connectivity index (χ2v) is 9.46. The van der Waals surface area contributed by atoms with Gasteiger partial charge in [-0.05, 0) is 67.7 Å². The maximum atomic E-state index is 13.1. The lowest BCUT2D eigenvalue weighted by atomic mass is 9.65. The van der Waals surface area contributed by atoms with Gasteiger partial charge in [0.15, 0.2) is 0 Å². The van der Waals surface area contributed by atoms with Crippen molar-refractivity contribution in [3.63, 3.8) is 0 Å². The van der Waals surface area contributed by atoms with Crippen LogP contribution in [0.1, 0.15) is 58.4 Å². The number of halogens is 1. The highest BCUT2D eigenvalue weighted by Crippen LogP contribution is 2.45. The topological polar surface area (TPSA) is 78.5 Å². The summed E-state index contributed by atoms with van der Waals surface area (Å²) in [7, 11) is 0. The molecule has 1 saturated carbocycles. The fourth-order valence-electron chi connectivity index (χ4n) is 4.44. The third kappa shape index (κ3) is 4.27. The molecule has 2 aliphatic rings. The monoisotopic (exact) mass is 419 g/mol. The Balaban J connectivity index is 1.64. The summed E-state index contributed by atoms with van der Waals surface area (Å²) in [6, 6.07) is 4.66. The number of carbonyl (C=O) groups is 3. The van der Waals surface area contributed by atoms with Gasteiger partial charge in [-0.1, -0.05) is 38.8 Å². The highest BCUT2D eigenvalue weighted by molar-refractivity contribution is 6.30. The molecule has 1 spiro atoms. The number of urea groups is 1. The lowest BCUT2D eigenvalue weighted by Crippen LogP contribution is -2.51. The van der Waals surface area contributed by atoms with Crippen LogP contribution < -0.4 is 10.6 Å². The van der Waals surface area contributed by atoms with Crippen LogP contribution in [0.3, 0.4) is 0 Å². The van der Waals surface area contributed by atoms with Crippen molar-refractivity contribution in [1.82, 2.24) is 10.2 Å². The molecule has 0 radical (unpaired) electrons. The van der Waals surface area contributed by atoms with E-state index in [1.165, 1.54) is 0 Å². The molecule has 29 heavy (non-hydrogen) atoms. The van der Waals surface area contributed by atoms with Gasteiger partial charge >= 0.3 is 6.03 Å². The van der Waals surface area contributed by atoms with Crippen molar-refractivity contribution in [2.45, 2.75) is 65.3 Å². The molecule has 1 saturated heterocycles. The Labute approximate surface area is 177 Å². The first-order valence-corrected chi connectivity index (χ1v) is 10.7. The molecule has 3 rings (SSSR count). The van der Waals surface area contributed by atoms with E-state index >= 15 is 0 Å². The number of benzene rings is 1. The number of rotatable bonds is 5. The van der Waals surface area contributed by atoms with Crippen LogP contribution in [-0.2, 0) is 9.59 Å². The highest BCUT2D eigenvalue weighted by Gasteiger charge is 2.53. The number of carbonyl (C=O) groups excluding carboxylic acids is 3. The molecule has 0 unspecified atom stereocenters. The number of imide groups is 1. The number of amides is 4. The number of nitrogens with zero attached hydrogens (tertiary/aromatic N) is 1. The summed E-state index contributed by atoms with van der Waals surface area (Å²) in [5, 5.41) is 6.23. The quantitative estimate of drug-likeness (QED) is 0.689. The van der Waals surface area contributed by atoms with Crippen molar-refractivity contribution >= 4 is 35.1 Å². The maximum absolute atomic E-state index is 13.1. The molecule has 0 aromatic heterocycles. The number of nitrogens with one attached hydrogen (secondary N) is 2. The maximum Gasteiger partial charge on any atom is 0.325 e. The average Bonchev–Trinajstić information content (AvgIpc) is 2.88. The van der Waals surface area contributed by atoms with Crippen LogP contribution >= 0.6 is 11.6 Å². The predicted octanol–water partition coefficient (Wildman–Crippen LogP) is 4.50. The third-order valence-corrected chi connectivity index (χ3v) is 7.10. The molecule has 7 heteroatoms. The van der Waals surface area contributed by atoms with Gasteiger partial charge in [-0.25, -0.2) is 4.79 Å². The Morgan fingerprint density at radius 3 is 2.55 bits per heavy atom. The first kappa shape index (κ1) is 21.6. The highest BCUT2D eigenvalue weighted by atomic mass is 35.5. The summed E-state index contributed by atoms with van der Waals surface area (Å²) in [4.78, 5) is 39.1. The molecule has 1 heterocycles. The van der Waals surface area contributed by atoms with Crippen molar-refractivity contribution in [2.24, 2.45) is 11.3 Å². The van der Waals surface area contributed by atoms with Crippen LogP contribution in [0.4, 0.5) is 10.5 Å². The summed E-state index contributed by atoms with van der Waals surface area (Å²) in [6.07, 6.45) is 4.13. The van der Waals surface area contributed by atoms with Gasteiger partial charge in [0, 0.05) is 10.7 Å². The van der Waals surface area contributed by atoms with Crippen LogP contribution in [0, 0.1) is 18.3 Å². The Morgan fingerprint density at radius 1 is 1.31 bits per heavy atom. The first-order valence-electron chi connectivity index (χ1n) is 10.3. The van der Waals surface area contributed by atoms with Crippen molar-refractivity contribution in [3.8, 4) is 0 Å². The standard InChI is InChI=1S/C22H30ClN3O3/c1-5-21(3,4)15-8-10-22(11-9-15)19(28)26(20(29)25-22)13-18(27)24-17-7-6-16(23)12-14(17)2/h6-7,12,15H,5,8-11,13H2,1-4H3,(H,24,27)(H,25,29). The van der Waals surface area contributed by atoms with Gasteiger partial charge in [0.05, 0.1) is 0 Å². The normalized spacial score (nSPS) is 24.7. The van der Waals surface area contributed by atoms with Crippen molar-refractivity contribution < 1.29 is 14.4 Å². The zero-order valence-electron chi connectivity index (χ0n) is 17.6. The second kappa shape index (κ2) is 7.98. The minimum absolute atomic E-state index is 0.225. The number of aryl methyl sites for hydroxylation is 1. The molecular formula is C22H30ClN3O3. The second-order valence-electron chi connectivity index (χ2n) is 9.03. The van der Waals surface area contributed by atoms with Gasteiger partial charge in [-0.3, -0.25) is 14.5 Å². The van der Waals surface area contributed by atoms with E-state index in [2.05, 4.69) is 31.4 Å². The first-order chi connectivity index (χ1) is 13.6. The number of anilines is 1. The van der Waals surface area contributed by atoms with Crippen LogP contribution in [-0.4, -0.2) is 34.8 Å². The van der Waals surface area contributed by atoms with Crippen molar-refractivity contribution in [2.75, 3.05) is 11.9 Å². The zero-order chi connectivity index (χ0) is 21.4. The minimum Gasteiger partial charge on any atom is -0.324 e. The van der Waals surface area contributed by atoms with Gasteiger partial charge in [-0.15, -0.1) is 0 Å². The SMILES string of the molecule is CCC(C)(C)C1CCC2(CC1)NC(=O)N(CC(=O)Nc1ccc(Cl)cc1C)C2=O. The number of hydrogen-bond donors (Lipinski definition) is 2. The van der Waals surface area contributed by atoms with E-state index < -0.39 is 17.5 Å². The molecule has 1 aliphatic heterocycles. The Morgan fingerprint density at radius 2 is 1.97 bits per heavy atom. The molecule has 4 amide bonds. The van der Waals surface area contributed by atoms with Gasteiger partial charge in [-0.2, -0.15) is 0 Å². The molecule has 158 valence electrons. The summed E-state index contributed by atoms with van der Waals surface area (Å²) in [6.45, 7) is 8.26. The van der Waals surface area contributed by atoms with Crippen LogP contribution in [0.2, 0.25) is 5.02 Å². The molecule has 2 N–H and O–H groups in total. The van der Waals surface area contributed by atoms with Gasteiger partial charge in [0.25, 0.3) is 5.91 Å². The molecule has 1 aromatic rings. The van der Waals surface area contributed by atoms with E-state index in [0.717, 1.165) is 29.7 Å². The Hall–Kier alpha value is -2.08. The largest absolute Gasteiger partial charge is 0.325 e. The Bertz CT molecular complexity index is 829. The minimum atomic E-state index is -0.853. The van der Waals surface area contributed by atoms with Crippen LogP contribution in [0.5, 0.6) is 0 Å². The smallest absolute Gasteiger partial charge is 0.324 e. The van der Waals surface area contributed by atoms with Gasteiger partial charge in [0.2, 0.25) is 5.91 Å². The summed E-state index contributed by atoms with van der Waals surface area (Å²) in [5.41, 5.74) is 0.803. The molecule has 1 aliphatic carbocycles. The third-order valence-electron chi connectivity index (χ3n) is 6.87. The van der Waals surface area contributed by atoms with E-state index in [9.17, 15) is 14.4 Å². The molecule has 1 aromatic carbocycles. The molecule has 6 nitrogen and oxygen atoms in total. The van der Waals surface area contributed by atoms with Crippen molar-refractivity contribution in [3.05, 3.63) is 28.8 Å². The fourth-order valence-corrected chi connectivity index (χ4v) is 4.67. The van der Waals surface area contributed by atoms with E-state index in [4.69, 9.17) is 11.6 Å². The van der Waals surface area contributed by atoms with Crippen LogP contribution in [0.25, 0.3) is 0 Å². The van der Waals surface area contributed by atoms with E-state index in [-0.39, 0.29) is 17.9 Å². The van der Waals surface area contributed by atoms with E-state index in [1.807, 2.05) is 6.92 Å². The van der Waals surface area contributed by atoms with Crippen molar-refractivity contribution in [1.29, 1.82) is 0 Å². The molecule has 2 fully saturated rings. The van der Waals surface area contributed by atoms with Gasteiger partial charge in [0.1, 0.15) is 12.1 Å². The zero-order valence-corrected chi connectivity index (χ0v) is 18.4. The summed E-state index contributed by atoms with van der Waals surface area (Å²) in [5.74, 6) is -0.150. The fraction of sp³-hybridized carbons (Fsp3) is 0.591. The number of hydrogen-bond acceptors (Lipinski definition) is 3. The van der Waals surface area contributed by atoms with Gasteiger partial charge < -0.3 is 10.6 Å². The average molecular weight is 420 g/mol. The summed E-state index contributed by atoms with van der Waals surface area (Å²) < 4.78 is 0. The Kier molecular flexibility index (Phi) is 5.95. The van der Waals surface area contributed by atoms with E-state index in [1.54, 1.807) is 18.2 Å². The molecule has 0 atom stereocenters. The molecule has 0 bridgehead atoms. The molecular weight excluding hydrogens is 390 g/mol. The summed E-state index contributed by atoms with van der Waals surface area (Å²) >= 11 is 5.94. The van der Waals surface area contributed by atoms with E-state index in [0.29, 0.717) is 29.5 Å². The lowest BCUT2D eigenvalue weighted by molar-refractivity contribution is -0.135. The lowest BCUT2D eigenvalue weighted by Gasteiger charge is -2.42. The predicted molar refractivity (Wildman–Crippen MR) is 114 cm³/mol.